The van der Waals surface area contributed by atoms with Crippen LogP contribution in [0.2, 0.25) is 0 Å². The Morgan fingerprint density at radius 1 is 1.03 bits per heavy atom. The van der Waals surface area contributed by atoms with Crippen molar-refractivity contribution in [1.82, 2.24) is 19.8 Å². The Kier molecular flexibility index (Phi) is 7.92. The lowest BCUT2D eigenvalue weighted by Crippen LogP contribution is -2.51. The number of carbonyl (C=O) groups excluding carboxylic acids is 2. The number of nitrogens with zero attached hydrogens (tertiary/aromatic N) is 4. The van der Waals surface area contributed by atoms with Crippen molar-refractivity contribution in [2.45, 2.75) is 51.9 Å². The molecule has 7 heteroatoms. The first-order valence-electron chi connectivity index (χ1n) is 12.2. The fourth-order valence-electron chi connectivity index (χ4n) is 4.71. The summed E-state index contributed by atoms with van der Waals surface area (Å²) < 4.78 is 5.96. The molecule has 1 saturated carbocycles. The molecule has 1 aromatic carbocycles. The lowest BCUT2D eigenvalue weighted by molar-refractivity contribution is -0.132. The summed E-state index contributed by atoms with van der Waals surface area (Å²) in [5, 5.41) is 0. The molecule has 2 aliphatic rings. The number of hydrogen-bond acceptors (Lipinski definition) is 5. The van der Waals surface area contributed by atoms with Crippen molar-refractivity contribution >= 4 is 11.8 Å². The molecule has 0 unspecified atom stereocenters. The molecule has 2 amide bonds. The monoisotopic (exact) mass is 450 g/mol. The SMILES string of the molecule is Cc1ccnc(CC(=O)N2CCN(C(=O)c3cccc(OCCC4CCCCC4)c3)CC2)n1. The van der Waals surface area contributed by atoms with Crippen LogP contribution in [0, 0.1) is 12.8 Å². The van der Waals surface area contributed by atoms with Crippen LogP contribution in [0.25, 0.3) is 0 Å². The van der Waals surface area contributed by atoms with E-state index in [-0.39, 0.29) is 18.2 Å². The van der Waals surface area contributed by atoms with Crippen LogP contribution in [-0.2, 0) is 11.2 Å². The topological polar surface area (TPSA) is 75.6 Å². The summed E-state index contributed by atoms with van der Waals surface area (Å²) in [5.74, 6) is 2.06. The molecule has 0 spiro atoms. The van der Waals surface area contributed by atoms with Crippen LogP contribution >= 0.6 is 0 Å². The van der Waals surface area contributed by atoms with E-state index in [1.165, 1.54) is 32.1 Å². The maximum Gasteiger partial charge on any atom is 0.254 e. The zero-order valence-corrected chi connectivity index (χ0v) is 19.5. The van der Waals surface area contributed by atoms with Crippen LogP contribution in [0.3, 0.4) is 0 Å². The Morgan fingerprint density at radius 2 is 1.79 bits per heavy atom. The first kappa shape index (κ1) is 23.2. The second kappa shape index (κ2) is 11.3. The fraction of sp³-hybridized carbons (Fsp3) is 0.538. The van der Waals surface area contributed by atoms with Crippen LogP contribution in [-0.4, -0.2) is 64.4 Å². The Balaban J connectivity index is 1.25. The van der Waals surface area contributed by atoms with Crippen molar-refractivity contribution < 1.29 is 14.3 Å². The van der Waals surface area contributed by atoms with Gasteiger partial charge in [0.05, 0.1) is 13.0 Å². The number of hydrogen-bond donors (Lipinski definition) is 0. The molecule has 2 aromatic rings. The Morgan fingerprint density at radius 3 is 2.55 bits per heavy atom. The van der Waals surface area contributed by atoms with Crippen molar-refractivity contribution in [1.29, 1.82) is 0 Å². The summed E-state index contributed by atoms with van der Waals surface area (Å²) in [5.41, 5.74) is 1.49. The third-order valence-electron chi connectivity index (χ3n) is 6.67. The highest BCUT2D eigenvalue weighted by Crippen LogP contribution is 2.26. The van der Waals surface area contributed by atoms with Gasteiger partial charge in [-0.25, -0.2) is 9.97 Å². The molecular weight excluding hydrogens is 416 g/mol. The van der Waals surface area contributed by atoms with E-state index in [4.69, 9.17) is 4.74 Å². The van der Waals surface area contributed by atoms with E-state index in [0.29, 0.717) is 44.2 Å². The van der Waals surface area contributed by atoms with Gasteiger partial charge < -0.3 is 14.5 Å². The summed E-state index contributed by atoms with van der Waals surface area (Å²) in [6, 6.07) is 9.29. The van der Waals surface area contributed by atoms with Gasteiger partial charge in [-0.3, -0.25) is 9.59 Å². The van der Waals surface area contributed by atoms with E-state index in [2.05, 4.69) is 9.97 Å². The standard InChI is InChI=1S/C26H34N4O3/c1-20-10-12-27-24(28-20)19-25(31)29-13-15-30(16-14-29)26(32)22-8-5-9-23(18-22)33-17-11-21-6-3-2-4-7-21/h5,8-10,12,18,21H,2-4,6-7,11,13-17,19H2,1H3. The number of rotatable bonds is 7. The molecule has 0 radical (unpaired) electrons. The van der Waals surface area contributed by atoms with E-state index in [1.807, 2.05) is 42.2 Å². The third kappa shape index (κ3) is 6.53. The fourth-order valence-corrected chi connectivity index (χ4v) is 4.71. The van der Waals surface area contributed by atoms with Crippen molar-refractivity contribution in [3.8, 4) is 5.75 Å². The Labute approximate surface area is 196 Å². The Bertz CT molecular complexity index is 950. The van der Waals surface area contributed by atoms with E-state index in [0.717, 1.165) is 23.8 Å². The van der Waals surface area contributed by atoms with Gasteiger partial charge in [0.1, 0.15) is 11.6 Å². The van der Waals surface area contributed by atoms with Crippen molar-refractivity contribution in [2.75, 3.05) is 32.8 Å². The summed E-state index contributed by atoms with van der Waals surface area (Å²) in [6.07, 6.45) is 9.63. The average molecular weight is 451 g/mol. The molecule has 7 nitrogen and oxygen atoms in total. The largest absolute Gasteiger partial charge is 0.494 e. The maximum atomic E-state index is 13.0. The molecule has 2 fully saturated rings. The third-order valence-corrected chi connectivity index (χ3v) is 6.67. The van der Waals surface area contributed by atoms with Crippen molar-refractivity contribution in [3.63, 3.8) is 0 Å². The molecule has 1 aromatic heterocycles. The van der Waals surface area contributed by atoms with E-state index >= 15 is 0 Å². The summed E-state index contributed by atoms with van der Waals surface area (Å²) in [7, 11) is 0. The highest BCUT2D eigenvalue weighted by Gasteiger charge is 2.25. The van der Waals surface area contributed by atoms with E-state index in [9.17, 15) is 9.59 Å². The van der Waals surface area contributed by atoms with Gasteiger partial charge >= 0.3 is 0 Å². The van der Waals surface area contributed by atoms with Crippen LogP contribution in [0.1, 0.15) is 60.4 Å². The maximum absolute atomic E-state index is 13.0. The van der Waals surface area contributed by atoms with Crippen LogP contribution in [0.4, 0.5) is 0 Å². The van der Waals surface area contributed by atoms with Gasteiger partial charge in [0, 0.05) is 43.6 Å². The van der Waals surface area contributed by atoms with Crippen molar-refractivity contribution in [3.05, 3.63) is 53.6 Å². The summed E-state index contributed by atoms with van der Waals surface area (Å²) in [6.45, 7) is 4.67. The van der Waals surface area contributed by atoms with Gasteiger partial charge in [-0.1, -0.05) is 38.2 Å². The van der Waals surface area contributed by atoms with Crippen LogP contribution in [0.5, 0.6) is 5.75 Å². The first-order valence-corrected chi connectivity index (χ1v) is 12.2. The number of amides is 2. The molecule has 4 rings (SSSR count). The zero-order chi connectivity index (χ0) is 23.0. The molecule has 0 atom stereocenters. The molecule has 1 aliphatic heterocycles. The number of aryl methyl sites for hydroxylation is 1. The van der Waals surface area contributed by atoms with Gasteiger partial charge in [-0.2, -0.15) is 0 Å². The minimum Gasteiger partial charge on any atom is -0.494 e. The number of ether oxygens (including phenoxy) is 1. The second-order valence-corrected chi connectivity index (χ2v) is 9.13. The summed E-state index contributed by atoms with van der Waals surface area (Å²) in [4.78, 5) is 37.7. The molecular formula is C26H34N4O3. The Hall–Kier alpha value is -2.96. The number of benzene rings is 1. The molecule has 2 heterocycles. The number of piperazine rings is 1. The normalized spacial score (nSPS) is 17.1. The van der Waals surface area contributed by atoms with Gasteiger partial charge in [0.15, 0.2) is 0 Å². The molecule has 0 bridgehead atoms. The number of carbonyl (C=O) groups is 2. The smallest absolute Gasteiger partial charge is 0.254 e. The highest BCUT2D eigenvalue weighted by atomic mass is 16.5. The number of aromatic nitrogens is 2. The van der Waals surface area contributed by atoms with E-state index in [1.54, 1.807) is 11.1 Å². The lowest BCUT2D eigenvalue weighted by Gasteiger charge is -2.34. The second-order valence-electron chi connectivity index (χ2n) is 9.13. The predicted octanol–water partition coefficient (Wildman–Crippen LogP) is 3.66. The minimum absolute atomic E-state index is 0.000983. The molecule has 0 N–H and O–H groups in total. The summed E-state index contributed by atoms with van der Waals surface area (Å²) >= 11 is 0. The van der Waals surface area contributed by atoms with Crippen molar-refractivity contribution in [2.24, 2.45) is 5.92 Å². The quantitative estimate of drug-likeness (QED) is 0.644. The molecule has 1 saturated heterocycles. The van der Waals surface area contributed by atoms with Crippen LogP contribution < -0.4 is 4.74 Å². The van der Waals surface area contributed by atoms with Crippen LogP contribution in [0.15, 0.2) is 36.5 Å². The molecule has 33 heavy (non-hydrogen) atoms. The van der Waals surface area contributed by atoms with Gasteiger partial charge in [-0.05, 0) is 43.5 Å². The average Bonchev–Trinajstić information content (AvgIpc) is 2.84. The van der Waals surface area contributed by atoms with Gasteiger partial charge in [-0.15, -0.1) is 0 Å². The van der Waals surface area contributed by atoms with Gasteiger partial charge in [0.2, 0.25) is 5.91 Å². The zero-order valence-electron chi connectivity index (χ0n) is 19.5. The van der Waals surface area contributed by atoms with Gasteiger partial charge in [0.25, 0.3) is 5.91 Å². The highest BCUT2D eigenvalue weighted by molar-refractivity contribution is 5.94. The molecule has 176 valence electrons. The lowest BCUT2D eigenvalue weighted by atomic mass is 9.87. The minimum atomic E-state index is -0.0122. The first-order chi connectivity index (χ1) is 16.1. The predicted molar refractivity (Wildman–Crippen MR) is 126 cm³/mol. The molecule has 1 aliphatic carbocycles. The van der Waals surface area contributed by atoms with E-state index < -0.39 is 0 Å².